The van der Waals surface area contributed by atoms with Crippen molar-refractivity contribution in [1.29, 1.82) is 0 Å². The molecule has 2 aromatic carbocycles. The minimum absolute atomic E-state index is 0.165. The summed E-state index contributed by atoms with van der Waals surface area (Å²) in [5.74, 6) is 1.92. The lowest BCUT2D eigenvalue weighted by molar-refractivity contribution is -0.129. The van der Waals surface area contributed by atoms with Gasteiger partial charge in [-0.3, -0.25) is 0 Å². The Morgan fingerprint density at radius 2 is 1.72 bits per heavy atom. The van der Waals surface area contributed by atoms with Crippen molar-refractivity contribution >= 4 is 17.9 Å². The molecule has 0 N–H and O–H groups in total. The molecule has 7 heteroatoms. The van der Waals surface area contributed by atoms with Gasteiger partial charge in [0.25, 0.3) is 0 Å². The Hall–Kier alpha value is -3.48. The number of cyclic esters (lactones) is 1. The van der Waals surface area contributed by atoms with E-state index in [9.17, 15) is 4.79 Å². The van der Waals surface area contributed by atoms with E-state index >= 15 is 0 Å². The van der Waals surface area contributed by atoms with Gasteiger partial charge in [-0.05, 0) is 44.2 Å². The first-order valence-electron chi connectivity index (χ1n) is 9.24. The largest absolute Gasteiger partial charge is 0.493 e. The molecule has 1 heterocycles. The first-order chi connectivity index (χ1) is 14.1. The van der Waals surface area contributed by atoms with Crippen LogP contribution in [0.15, 0.2) is 47.1 Å². The summed E-state index contributed by atoms with van der Waals surface area (Å²) >= 11 is 0. The molecule has 7 nitrogen and oxygen atoms in total. The average molecular weight is 397 g/mol. The maximum Gasteiger partial charge on any atom is 0.363 e. The second kappa shape index (κ2) is 9.14. The van der Waals surface area contributed by atoms with Crippen LogP contribution in [0.1, 0.15) is 25.0 Å². The summed E-state index contributed by atoms with van der Waals surface area (Å²) in [5, 5.41) is 0. The Labute approximate surface area is 169 Å². The van der Waals surface area contributed by atoms with Crippen LogP contribution in [0, 0.1) is 0 Å². The monoisotopic (exact) mass is 397 g/mol. The minimum atomic E-state index is -0.545. The fourth-order valence-corrected chi connectivity index (χ4v) is 2.89. The number of benzene rings is 2. The fraction of sp³-hybridized carbons (Fsp3) is 0.273. The number of ether oxygens (including phenoxy) is 5. The molecule has 0 radical (unpaired) electrons. The number of carbonyl (C=O) groups excluding carboxylic acids is 1. The molecular formula is C22H23NO6. The van der Waals surface area contributed by atoms with Crippen molar-refractivity contribution in [2.45, 2.75) is 13.8 Å². The Balaban J connectivity index is 1.96. The molecule has 0 unspecified atom stereocenters. The lowest BCUT2D eigenvalue weighted by atomic mass is 10.1. The highest BCUT2D eigenvalue weighted by Gasteiger charge is 2.26. The summed E-state index contributed by atoms with van der Waals surface area (Å²) in [4.78, 5) is 16.7. The molecule has 3 rings (SSSR count). The number of nitrogens with zero attached hydrogens (tertiary/aromatic N) is 1. The number of para-hydroxylation sites is 1. The summed E-state index contributed by atoms with van der Waals surface area (Å²) in [6.45, 7) is 4.79. The van der Waals surface area contributed by atoms with E-state index in [-0.39, 0.29) is 11.6 Å². The Morgan fingerprint density at radius 3 is 2.41 bits per heavy atom. The number of aliphatic imine (C=N–C) groups is 1. The number of carbonyl (C=O) groups is 1. The van der Waals surface area contributed by atoms with Crippen molar-refractivity contribution in [3.05, 3.63) is 53.2 Å². The zero-order valence-corrected chi connectivity index (χ0v) is 16.9. The van der Waals surface area contributed by atoms with Crippen LogP contribution in [0.25, 0.3) is 6.08 Å². The molecule has 0 bridgehead atoms. The van der Waals surface area contributed by atoms with E-state index in [4.69, 9.17) is 23.7 Å². The summed E-state index contributed by atoms with van der Waals surface area (Å²) in [6.07, 6.45) is 1.61. The smallest absolute Gasteiger partial charge is 0.363 e. The van der Waals surface area contributed by atoms with E-state index < -0.39 is 5.97 Å². The molecule has 0 saturated heterocycles. The maximum absolute atomic E-state index is 12.4. The highest BCUT2D eigenvalue weighted by molar-refractivity contribution is 6.13. The van der Waals surface area contributed by atoms with E-state index in [1.807, 2.05) is 13.8 Å². The van der Waals surface area contributed by atoms with Crippen molar-refractivity contribution in [3.63, 3.8) is 0 Å². The zero-order chi connectivity index (χ0) is 20.8. The zero-order valence-electron chi connectivity index (χ0n) is 16.9. The molecule has 2 aromatic rings. The van der Waals surface area contributed by atoms with Gasteiger partial charge in [-0.25, -0.2) is 9.79 Å². The van der Waals surface area contributed by atoms with Gasteiger partial charge in [0.2, 0.25) is 5.90 Å². The van der Waals surface area contributed by atoms with E-state index in [1.54, 1.807) is 49.6 Å². The van der Waals surface area contributed by atoms with Crippen molar-refractivity contribution in [1.82, 2.24) is 0 Å². The van der Waals surface area contributed by atoms with Crippen LogP contribution >= 0.6 is 0 Å². The van der Waals surface area contributed by atoms with Crippen molar-refractivity contribution in [2.24, 2.45) is 4.99 Å². The van der Waals surface area contributed by atoms with E-state index in [0.717, 1.165) is 0 Å². The molecule has 1 aliphatic rings. The number of rotatable bonds is 8. The average Bonchev–Trinajstić information content (AvgIpc) is 3.09. The van der Waals surface area contributed by atoms with Crippen LogP contribution in [0.5, 0.6) is 23.0 Å². The van der Waals surface area contributed by atoms with E-state index in [1.165, 1.54) is 7.11 Å². The molecule has 0 spiro atoms. The maximum atomic E-state index is 12.4. The van der Waals surface area contributed by atoms with Gasteiger partial charge in [0.15, 0.2) is 28.7 Å². The quantitative estimate of drug-likeness (QED) is 0.498. The van der Waals surface area contributed by atoms with E-state index in [2.05, 4.69) is 4.99 Å². The summed E-state index contributed by atoms with van der Waals surface area (Å²) in [5.41, 5.74) is 1.44. The van der Waals surface area contributed by atoms with Gasteiger partial charge >= 0.3 is 5.97 Å². The Bertz CT molecular complexity index is 964. The van der Waals surface area contributed by atoms with Crippen LogP contribution in [-0.4, -0.2) is 39.3 Å². The topological polar surface area (TPSA) is 75.6 Å². The van der Waals surface area contributed by atoms with Crippen molar-refractivity contribution in [2.75, 3.05) is 27.4 Å². The third-order valence-corrected chi connectivity index (χ3v) is 4.14. The molecular weight excluding hydrogens is 374 g/mol. The number of hydrogen-bond donors (Lipinski definition) is 0. The first-order valence-corrected chi connectivity index (χ1v) is 9.24. The Morgan fingerprint density at radius 1 is 0.966 bits per heavy atom. The second-order valence-corrected chi connectivity index (χ2v) is 5.95. The first kappa shape index (κ1) is 20.3. The molecule has 0 atom stereocenters. The second-order valence-electron chi connectivity index (χ2n) is 5.95. The predicted octanol–water partition coefficient (Wildman–Crippen LogP) is 3.85. The third kappa shape index (κ3) is 4.34. The standard InChI is InChI=1S/C22H23NO6/c1-5-27-17-11-10-15(13-19(17)28-6-2)21-23-16(22(24)29-21)12-14-8-7-9-18(25-3)20(14)26-4/h7-13H,5-6H2,1-4H3. The van der Waals surface area contributed by atoms with Gasteiger partial charge in [-0.15, -0.1) is 0 Å². The SMILES string of the molecule is CCOc1ccc(C2=NC(=Cc3cccc(OC)c3OC)C(=O)O2)cc1OCC. The van der Waals surface area contributed by atoms with Crippen LogP contribution in [0.2, 0.25) is 0 Å². The molecule has 152 valence electrons. The number of methoxy groups -OCH3 is 2. The molecule has 0 amide bonds. The minimum Gasteiger partial charge on any atom is -0.493 e. The molecule has 0 aromatic heterocycles. The summed E-state index contributed by atoms with van der Waals surface area (Å²) in [7, 11) is 3.09. The third-order valence-electron chi connectivity index (χ3n) is 4.14. The molecule has 0 saturated carbocycles. The fourth-order valence-electron chi connectivity index (χ4n) is 2.89. The van der Waals surface area contributed by atoms with Crippen molar-refractivity contribution in [3.8, 4) is 23.0 Å². The highest BCUT2D eigenvalue weighted by Crippen LogP contribution is 2.34. The number of esters is 1. The van der Waals surface area contributed by atoms with Crippen LogP contribution in [0.3, 0.4) is 0 Å². The normalized spacial score (nSPS) is 14.4. The van der Waals surface area contributed by atoms with Gasteiger partial charge in [0, 0.05) is 11.1 Å². The van der Waals surface area contributed by atoms with Gasteiger partial charge in [-0.1, -0.05) is 12.1 Å². The molecule has 29 heavy (non-hydrogen) atoms. The van der Waals surface area contributed by atoms with E-state index in [0.29, 0.717) is 47.3 Å². The van der Waals surface area contributed by atoms with Crippen LogP contribution in [-0.2, 0) is 9.53 Å². The summed E-state index contributed by atoms with van der Waals surface area (Å²) in [6, 6.07) is 10.7. The molecule has 0 aliphatic carbocycles. The predicted molar refractivity (Wildman–Crippen MR) is 109 cm³/mol. The van der Waals surface area contributed by atoms with Gasteiger partial charge in [0.1, 0.15) is 0 Å². The molecule has 1 aliphatic heterocycles. The Kier molecular flexibility index (Phi) is 6.39. The summed E-state index contributed by atoms with van der Waals surface area (Å²) < 4.78 is 27.3. The van der Waals surface area contributed by atoms with Gasteiger partial charge in [-0.2, -0.15) is 0 Å². The highest BCUT2D eigenvalue weighted by atomic mass is 16.6. The van der Waals surface area contributed by atoms with Crippen LogP contribution in [0.4, 0.5) is 0 Å². The van der Waals surface area contributed by atoms with Crippen LogP contribution < -0.4 is 18.9 Å². The van der Waals surface area contributed by atoms with Gasteiger partial charge < -0.3 is 23.7 Å². The van der Waals surface area contributed by atoms with Gasteiger partial charge in [0.05, 0.1) is 27.4 Å². The van der Waals surface area contributed by atoms with Crippen molar-refractivity contribution < 1.29 is 28.5 Å². The lowest BCUT2D eigenvalue weighted by Gasteiger charge is -2.11. The number of hydrogen-bond acceptors (Lipinski definition) is 7. The molecule has 0 fully saturated rings. The lowest BCUT2D eigenvalue weighted by Crippen LogP contribution is -2.06.